The standard InChI is InChI=1S/C15H13F3/c1-10-2-4-11(5-3-10)6-7-12-8-9-13(16)15(18)14(12)17/h2-5,8-9H,6-7H2,1H3. The lowest BCUT2D eigenvalue weighted by molar-refractivity contribution is 0.441. The molecule has 18 heavy (non-hydrogen) atoms. The first-order valence-corrected chi connectivity index (χ1v) is 5.76. The van der Waals surface area contributed by atoms with Gasteiger partial charge in [-0.15, -0.1) is 0 Å². The molecule has 2 rings (SSSR count). The number of benzene rings is 2. The third kappa shape index (κ3) is 2.73. The number of rotatable bonds is 3. The fourth-order valence-corrected chi connectivity index (χ4v) is 1.79. The number of halogens is 3. The summed E-state index contributed by atoms with van der Waals surface area (Å²) in [6, 6.07) is 10.1. The molecule has 2 aromatic rings. The Morgan fingerprint density at radius 2 is 1.44 bits per heavy atom. The molecule has 0 atom stereocenters. The lowest BCUT2D eigenvalue weighted by Crippen LogP contribution is -1.99. The first kappa shape index (κ1) is 12.7. The summed E-state index contributed by atoms with van der Waals surface area (Å²) in [6.07, 6.45) is 0.953. The zero-order valence-corrected chi connectivity index (χ0v) is 10.0. The molecule has 0 amide bonds. The van der Waals surface area contributed by atoms with Crippen molar-refractivity contribution in [3.8, 4) is 0 Å². The van der Waals surface area contributed by atoms with Crippen molar-refractivity contribution in [3.05, 3.63) is 70.5 Å². The van der Waals surface area contributed by atoms with E-state index in [1.54, 1.807) is 0 Å². The summed E-state index contributed by atoms with van der Waals surface area (Å²) in [5.41, 5.74) is 2.40. The van der Waals surface area contributed by atoms with Gasteiger partial charge in [0.1, 0.15) is 0 Å². The predicted octanol–water partition coefficient (Wildman–Crippen LogP) is 4.20. The first-order valence-electron chi connectivity index (χ1n) is 5.76. The van der Waals surface area contributed by atoms with Gasteiger partial charge in [0.05, 0.1) is 0 Å². The molecule has 0 spiro atoms. The van der Waals surface area contributed by atoms with Crippen molar-refractivity contribution in [2.24, 2.45) is 0 Å². The van der Waals surface area contributed by atoms with Gasteiger partial charge in [-0.05, 0) is 37.0 Å². The summed E-state index contributed by atoms with van der Waals surface area (Å²) in [5.74, 6) is -3.62. The topological polar surface area (TPSA) is 0 Å². The van der Waals surface area contributed by atoms with Crippen molar-refractivity contribution in [1.82, 2.24) is 0 Å². The Balaban J connectivity index is 2.11. The van der Waals surface area contributed by atoms with Crippen molar-refractivity contribution in [1.29, 1.82) is 0 Å². The molecule has 0 saturated heterocycles. The maximum Gasteiger partial charge on any atom is 0.194 e. The fraction of sp³-hybridized carbons (Fsp3) is 0.200. The third-order valence-corrected chi connectivity index (χ3v) is 2.92. The van der Waals surface area contributed by atoms with Crippen LogP contribution in [0.2, 0.25) is 0 Å². The molecule has 0 aliphatic rings. The van der Waals surface area contributed by atoms with E-state index in [-0.39, 0.29) is 5.56 Å². The Kier molecular flexibility index (Phi) is 3.70. The highest BCUT2D eigenvalue weighted by Gasteiger charge is 2.12. The van der Waals surface area contributed by atoms with Crippen LogP contribution in [0, 0.1) is 24.4 Å². The molecule has 0 radical (unpaired) electrons. The van der Waals surface area contributed by atoms with Crippen LogP contribution in [0.4, 0.5) is 13.2 Å². The largest absolute Gasteiger partial charge is 0.204 e. The van der Waals surface area contributed by atoms with Crippen LogP contribution in [0.5, 0.6) is 0 Å². The van der Waals surface area contributed by atoms with Crippen LogP contribution >= 0.6 is 0 Å². The van der Waals surface area contributed by atoms with Gasteiger partial charge in [0, 0.05) is 0 Å². The van der Waals surface area contributed by atoms with Crippen molar-refractivity contribution < 1.29 is 13.2 Å². The van der Waals surface area contributed by atoms with Crippen molar-refractivity contribution in [3.63, 3.8) is 0 Å². The van der Waals surface area contributed by atoms with Crippen LogP contribution < -0.4 is 0 Å². The van der Waals surface area contributed by atoms with Gasteiger partial charge in [-0.3, -0.25) is 0 Å². The highest BCUT2D eigenvalue weighted by Crippen LogP contribution is 2.17. The van der Waals surface area contributed by atoms with E-state index >= 15 is 0 Å². The van der Waals surface area contributed by atoms with Crippen molar-refractivity contribution in [2.45, 2.75) is 19.8 Å². The zero-order valence-electron chi connectivity index (χ0n) is 10.0. The summed E-state index contributed by atoms with van der Waals surface area (Å²) < 4.78 is 39.2. The smallest absolute Gasteiger partial charge is 0.194 e. The van der Waals surface area contributed by atoms with Crippen molar-refractivity contribution in [2.75, 3.05) is 0 Å². The zero-order chi connectivity index (χ0) is 13.1. The molecule has 0 nitrogen and oxygen atoms in total. The van der Waals surface area contributed by atoms with E-state index in [4.69, 9.17) is 0 Å². The van der Waals surface area contributed by atoms with Gasteiger partial charge >= 0.3 is 0 Å². The molecule has 94 valence electrons. The minimum Gasteiger partial charge on any atom is -0.204 e. The number of hydrogen-bond acceptors (Lipinski definition) is 0. The van der Waals surface area contributed by atoms with Crippen LogP contribution in [-0.4, -0.2) is 0 Å². The highest BCUT2D eigenvalue weighted by atomic mass is 19.2. The second-order valence-corrected chi connectivity index (χ2v) is 4.32. The summed E-state index contributed by atoms with van der Waals surface area (Å²) in [4.78, 5) is 0. The van der Waals surface area contributed by atoms with E-state index in [1.165, 1.54) is 6.07 Å². The molecule has 0 aliphatic carbocycles. The molecular formula is C15H13F3. The van der Waals surface area contributed by atoms with Crippen LogP contribution in [-0.2, 0) is 12.8 Å². The van der Waals surface area contributed by atoms with Crippen LogP contribution in [0.25, 0.3) is 0 Å². The maximum atomic E-state index is 13.4. The highest BCUT2D eigenvalue weighted by molar-refractivity contribution is 5.25. The molecule has 0 bridgehead atoms. The number of aryl methyl sites for hydroxylation is 3. The predicted molar refractivity (Wildman–Crippen MR) is 64.9 cm³/mol. The summed E-state index contributed by atoms with van der Waals surface area (Å²) in [6.45, 7) is 1.98. The normalized spacial score (nSPS) is 10.7. The Morgan fingerprint density at radius 1 is 0.778 bits per heavy atom. The molecular weight excluding hydrogens is 237 g/mol. The lowest BCUT2D eigenvalue weighted by Gasteiger charge is -2.05. The van der Waals surface area contributed by atoms with Gasteiger partial charge in [0.15, 0.2) is 17.5 Å². The minimum atomic E-state index is -1.39. The second-order valence-electron chi connectivity index (χ2n) is 4.32. The molecule has 0 N–H and O–H groups in total. The van der Waals surface area contributed by atoms with Crippen LogP contribution in [0.1, 0.15) is 16.7 Å². The first-order chi connectivity index (χ1) is 8.58. The Labute approximate surface area is 104 Å². The van der Waals surface area contributed by atoms with Crippen molar-refractivity contribution >= 4 is 0 Å². The van der Waals surface area contributed by atoms with Gasteiger partial charge in [0.2, 0.25) is 0 Å². The minimum absolute atomic E-state index is 0.203. The third-order valence-electron chi connectivity index (χ3n) is 2.92. The fourth-order valence-electron chi connectivity index (χ4n) is 1.79. The van der Waals surface area contributed by atoms with E-state index in [0.717, 1.165) is 17.2 Å². The van der Waals surface area contributed by atoms with E-state index in [1.807, 2.05) is 31.2 Å². The molecule has 0 aromatic heterocycles. The summed E-state index contributed by atoms with van der Waals surface area (Å²) in [5, 5.41) is 0. The van der Waals surface area contributed by atoms with Crippen LogP contribution in [0.15, 0.2) is 36.4 Å². The van der Waals surface area contributed by atoms with Gasteiger partial charge in [-0.1, -0.05) is 35.9 Å². The molecule has 0 heterocycles. The van der Waals surface area contributed by atoms with E-state index in [0.29, 0.717) is 12.8 Å². The van der Waals surface area contributed by atoms with E-state index < -0.39 is 17.5 Å². The van der Waals surface area contributed by atoms with Gasteiger partial charge in [-0.2, -0.15) is 0 Å². The summed E-state index contributed by atoms with van der Waals surface area (Å²) in [7, 11) is 0. The Hall–Kier alpha value is -1.77. The Bertz CT molecular complexity index is 544. The maximum absolute atomic E-state index is 13.4. The van der Waals surface area contributed by atoms with Gasteiger partial charge < -0.3 is 0 Å². The average molecular weight is 250 g/mol. The second kappa shape index (κ2) is 5.25. The molecule has 3 heteroatoms. The molecule has 2 aromatic carbocycles. The molecule has 0 saturated carbocycles. The molecule has 0 aliphatic heterocycles. The van der Waals surface area contributed by atoms with E-state index in [9.17, 15) is 13.2 Å². The van der Waals surface area contributed by atoms with E-state index in [2.05, 4.69) is 0 Å². The molecule has 0 unspecified atom stereocenters. The Morgan fingerprint density at radius 3 is 2.11 bits per heavy atom. The average Bonchev–Trinajstić information content (AvgIpc) is 2.37. The van der Waals surface area contributed by atoms with Gasteiger partial charge in [-0.25, -0.2) is 13.2 Å². The van der Waals surface area contributed by atoms with Gasteiger partial charge in [0.25, 0.3) is 0 Å². The number of hydrogen-bond donors (Lipinski definition) is 0. The molecule has 0 fully saturated rings. The SMILES string of the molecule is Cc1ccc(CCc2ccc(F)c(F)c2F)cc1. The quantitative estimate of drug-likeness (QED) is 0.716. The monoisotopic (exact) mass is 250 g/mol. The van der Waals surface area contributed by atoms with Crippen LogP contribution in [0.3, 0.4) is 0 Å². The lowest BCUT2D eigenvalue weighted by atomic mass is 10.0. The summed E-state index contributed by atoms with van der Waals surface area (Å²) >= 11 is 0.